The molecular formula is C9H10N2O2S. The van der Waals surface area contributed by atoms with Crippen molar-refractivity contribution >= 4 is 17.7 Å². The van der Waals surface area contributed by atoms with Crippen molar-refractivity contribution < 1.29 is 9.53 Å². The highest BCUT2D eigenvalue weighted by molar-refractivity contribution is 8.03. The van der Waals surface area contributed by atoms with Gasteiger partial charge < -0.3 is 10.1 Å². The average molecular weight is 210 g/mol. The summed E-state index contributed by atoms with van der Waals surface area (Å²) in [5.41, 5.74) is 1.50. The summed E-state index contributed by atoms with van der Waals surface area (Å²) in [6.45, 7) is 1.81. The molecule has 5 heteroatoms. The van der Waals surface area contributed by atoms with Gasteiger partial charge in [-0.2, -0.15) is 5.26 Å². The first-order valence-corrected chi connectivity index (χ1v) is 4.95. The Labute approximate surface area is 86.6 Å². The first-order valence-electron chi connectivity index (χ1n) is 3.96. The number of esters is 1. The fourth-order valence-electron chi connectivity index (χ4n) is 0.914. The summed E-state index contributed by atoms with van der Waals surface area (Å²) in [7, 11) is 1.33. The highest BCUT2D eigenvalue weighted by atomic mass is 32.2. The highest BCUT2D eigenvalue weighted by Gasteiger charge is 2.13. The molecule has 1 heterocycles. The number of nitrogens with zero attached hydrogens (tertiary/aromatic N) is 1. The van der Waals surface area contributed by atoms with Crippen molar-refractivity contribution in [2.45, 2.75) is 6.92 Å². The number of nitrogens with one attached hydrogen (secondary N) is 1. The molecule has 1 aliphatic heterocycles. The number of carbonyl (C=O) groups excluding carboxylic acids is 1. The second kappa shape index (κ2) is 4.72. The maximum atomic E-state index is 10.9. The molecule has 0 saturated carbocycles. The van der Waals surface area contributed by atoms with Crippen LogP contribution in [0.3, 0.4) is 0 Å². The molecule has 0 radical (unpaired) electrons. The smallest absolute Gasteiger partial charge is 0.333 e. The van der Waals surface area contributed by atoms with Crippen molar-refractivity contribution in [1.29, 1.82) is 5.26 Å². The van der Waals surface area contributed by atoms with E-state index in [2.05, 4.69) is 16.1 Å². The van der Waals surface area contributed by atoms with Gasteiger partial charge in [0.25, 0.3) is 0 Å². The van der Waals surface area contributed by atoms with Crippen molar-refractivity contribution in [3.8, 4) is 6.07 Å². The van der Waals surface area contributed by atoms with Crippen LogP contribution >= 0.6 is 11.8 Å². The van der Waals surface area contributed by atoms with Gasteiger partial charge in [0.1, 0.15) is 0 Å². The van der Waals surface area contributed by atoms with Gasteiger partial charge in [-0.25, -0.2) is 4.79 Å². The largest absolute Gasteiger partial charge is 0.466 e. The highest BCUT2D eigenvalue weighted by Crippen LogP contribution is 2.24. The quantitative estimate of drug-likeness (QED) is 0.519. The zero-order valence-corrected chi connectivity index (χ0v) is 8.77. The Balaban J connectivity index is 2.75. The minimum atomic E-state index is -0.395. The number of carbonyl (C=O) groups is 1. The molecule has 1 N–H and O–H groups in total. The van der Waals surface area contributed by atoms with E-state index in [-0.39, 0.29) is 0 Å². The fraction of sp³-hybridized carbons (Fsp3) is 0.333. The number of hydrogen-bond donors (Lipinski definition) is 1. The number of nitriles is 1. The summed E-state index contributed by atoms with van der Waals surface area (Å²) in [6.07, 6.45) is 1.38. The molecule has 0 fully saturated rings. The van der Waals surface area contributed by atoms with Crippen LogP contribution in [0, 0.1) is 11.3 Å². The maximum absolute atomic E-state index is 10.9. The van der Waals surface area contributed by atoms with Crippen molar-refractivity contribution in [3.05, 3.63) is 22.4 Å². The monoisotopic (exact) mass is 210 g/mol. The molecule has 1 rings (SSSR count). The standard InChI is InChI=1S/C9H10N2O2S/c1-6-7(4-10)5-14-8(11-6)3-9(12)13-2/h3,11H,5H2,1-2H3/b8-3-. The Kier molecular flexibility index (Phi) is 3.60. The molecule has 0 amide bonds. The van der Waals surface area contributed by atoms with E-state index in [4.69, 9.17) is 5.26 Å². The molecule has 0 aromatic heterocycles. The van der Waals surface area contributed by atoms with Crippen molar-refractivity contribution in [2.75, 3.05) is 12.9 Å². The summed E-state index contributed by atoms with van der Waals surface area (Å²) in [5, 5.41) is 12.4. The SMILES string of the molecule is COC(=O)/C=C1/NC(C)=C(C#N)CS1. The molecule has 0 aromatic rings. The predicted molar refractivity (Wildman–Crippen MR) is 54.0 cm³/mol. The first kappa shape index (κ1) is 10.7. The van der Waals surface area contributed by atoms with Crippen LogP contribution in [0.15, 0.2) is 22.4 Å². The number of ether oxygens (including phenoxy) is 1. The van der Waals surface area contributed by atoms with Crippen LogP contribution in [0.2, 0.25) is 0 Å². The Morgan fingerprint density at radius 1 is 1.79 bits per heavy atom. The van der Waals surface area contributed by atoms with Crippen LogP contribution in [0.25, 0.3) is 0 Å². The predicted octanol–water partition coefficient (Wildman–Crippen LogP) is 1.13. The average Bonchev–Trinajstić information content (AvgIpc) is 2.18. The summed E-state index contributed by atoms with van der Waals surface area (Å²) in [5.74, 6) is 0.200. The first-order chi connectivity index (χ1) is 6.67. The van der Waals surface area contributed by atoms with Crippen molar-refractivity contribution in [1.82, 2.24) is 5.32 Å². The van der Waals surface area contributed by atoms with Gasteiger partial charge in [0.05, 0.1) is 29.9 Å². The number of allylic oxidation sites excluding steroid dienone is 1. The molecule has 0 aliphatic carbocycles. The van der Waals surface area contributed by atoms with Crippen LogP contribution in [0.5, 0.6) is 0 Å². The minimum absolute atomic E-state index is 0.395. The van der Waals surface area contributed by atoms with E-state index in [0.29, 0.717) is 16.4 Å². The van der Waals surface area contributed by atoms with Crippen LogP contribution in [-0.2, 0) is 9.53 Å². The fourth-order valence-corrected chi connectivity index (χ4v) is 1.90. The lowest BCUT2D eigenvalue weighted by molar-refractivity contribution is -0.134. The summed E-state index contributed by atoms with van der Waals surface area (Å²) in [4.78, 5) is 10.9. The van der Waals surface area contributed by atoms with Crippen molar-refractivity contribution in [3.63, 3.8) is 0 Å². The molecule has 0 aromatic carbocycles. The third-order valence-corrected chi connectivity index (χ3v) is 2.68. The zero-order valence-electron chi connectivity index (χ0n) is 7.96. The molecular weight excluding hydrogens is 200 g/mol. The minimum Gasteiger partial charge on any atom is -0.466 e. The van der Waals surface area contributed by atoms with E-state index in [1.165, 1.54) is 24.9 Å². The van der Waals surface area contributed by atoms with Gasteiger partial charge in [-0.15, -0.1) is 11.8 Å². The van der Waals surface area contributed by atoms with Crippen LogP contribution in [-0.4, -0.2) is 18.8 Å². The zero-order chi connectivity index (χ0) is 10.6. The van der Waals surface area contributed by atoms with Gasteiger partial charge in [-0.1, -0.05) is 0 Å². The van der Waals surface area contributed by atoms with E-state index in [1.54, 1.807) is 0 Å². The topological polar surface area (TPSA) is 62.1 Å². The van der Waals surface area contributed by atoms with Crippen LogP contribution < -0.4 is 5.32 Å². The third-order valence-electron chi connectivity index (χ3n) is 1.72. The maximum Gasteiger partial charge on any atom is 0.333 e. The Morgan fingerprint density at radius 2 is 2.50 bits per heavy atom. The number of methoxy groups -OCH3 is 1. The molecule has 0 atom stereocenters. The van der Waals surface area contributed by atoms with Gasteiger partial charge in [0, 0.05) is 11.4 Å². The van der Waals surface area contributed by atoms with Gasteiger partial charge in [0.2, 0.25) is 0 Å². The van der Waals surface area contributed by atoms with Gasteiger partial charge >= 0.3 is 5.97 Å². The number of thioether (sulfide) groups is 1. The van der Waals surface area contributed by atoms with E-state index in [0.717, 1.165) is 5.70 Å². The third kappa shape index (κ3) is 2.54. The molecule has 1 aliphatic rings. The van der Waals surface area contributed by atoms with Crippen LogP contribution in [0.1, 0.15) is 6.92 Å². The van der Waals surface area contributed by atoms with E-state index in [9.17, 15) is 4.79 Å². The Hall–Kier alpha value is -1.41. The summed E-state index contributed by atoms with van der Waals surface area (Å²) >= 11 is 1.41. The van der Waals surface area contributed by atoms with E-state index < -0.39 is 5.97 Å². The van der Waals surface area contributed by atoms with Gasteiger partial charge in [-0.3, -0.25) is 0 Å². The molecule has 4 nitrogen and oxygen atoms in total. The Morgan fingerprint density at radius 3 is 3.00 bits per heavy atom. The number of hydrogen-bond acceptors (Lipinski definition) is 5. The van der Waals surface area contributed by atoms with E-state index >= 15 is 0 Å². The van der Waals surface area contributed by atoms with Crippen molar-refractivity contribution in [2.24, 2.45) is 0 Å². The molecule has 14 heavy (non-hydrogen) atoms. The van der Waals surface area contributed by atoms with Gasteiger partial charge in [-0.05, 0) is 6.92 Å². The van der Waals surface area contributed by atoms with Gasteiger partial charge in [0.15, 0.2) is 0 Å². The molecule has 0 unspecified atom stereocenters. The van der Waals surface area contributed by atoms with E-state index in [1.807, 2.05) is 6.92 Å². The lowest BCUT2D eigenvalue weighted by Crippen LogP contribution is -2.17. The molecule has 0 bridgehead atoms. The second-order valence-electron chi connectivity index (χ2n) is 2.66. The summed E-state index contributed by atoms with van der Waals surface area (Å²) in [6, 6.07) is 2.09. The lowest BCUT2D eigenvalue weighted by Gasteiger charge is -2.17. The molecule has 74 valence electrons. The molecule has 0 spiro atoms. The lowest BCUT2D eigenvalue weighted by atomic mass is 10.2. The van der Waals surface area contributed by atoms with Crippen LogP contribution in [0.4, 0.5) is 0 Å². The normalized spacial score (nSPS) is 18.8. The molecule has 0 saturated heterocycles. The summed E-state index contributed by atoms with van der Waals surface area (Å²) < 4.78 is 4.49. The number of rotatable bonds is 1. The Bertz CT molecular complexity index is 352. The second-order valence-corrected chi connectivity index (χ2v) is 3.68.